The Bertz CT molecular complexity index is 970. The number of nitrogens with one attached hydrogen (secondary N) is 3. The number of hydrogen-bond donors (Lipinski definition) is 3. The van der Waals surface area contributed by atoms with Gasteiger partial charge in [-0.05, 0) is 48.9 Å². The molecular weight excluding hydrogens is 363 g/mol. The molecule has 3 rings (SSSR count). The zero-order chi connectivity index (χ0) is 19.9. The second kappa shape index (κ2) is 8.81. The smallest absolute Gasteiger partial charge is 0.243 e. The SMILES string of the molecule is Cc1cc(Oc2ccc(NC(=O)CNC(=O)Cc3cccc(F)c3)cc2)n[nH]1. The first-order valence-electron chi connectivity index (χ1n) is 8.59. The van der Waals surface area contributed by atoms with Crippen LogP contribution in [0.2, 0.25) is 0 Å². The van der Waals surface area contributed by atoms with Crippen molar-refractivity contribution in [1.82, 2.24) is 15.5 Å². The van der Waals surface area contributed by atoms with Gasteiger partial charge in [0.25, 0.3) is 0 Å². The highest BCUT2D eigenvalue weighted by Crippen LogP contribution is 2.21. The van der Waals surface area contributed by atoms with Crippen molar-refractivity contribution in [1.29, 1.82) is 0 Å². The second-order valence-corrected chi connectivity index (χ2v) is 6.15. The van der Waals surface area contributed by atoms with Crippen molar-refractivity contribution in [3.63, 3.8) is 0 Å². The average Bonchev–Trinajstić information content (AvgIpc) is 3.06. The normalized spacial score (nSPS) is 10.4. The molecule has 0 atom stereocenters. The first-order valence-corrected chi connectivity index (χ1v) is 8.59. The Hall–Kier alpha value is -3.68. The molecule has 7 nitrogen and oxygen atoms in total. The van der Waals surface area contributed by atoms with Gasteiger partial charge < -0.3 is 15.4 Å². The molecule has 1 heterocycles. The fourth-order valence-electron chi connectivity index (χ4n) is 2.45. The topological polar surface area (TPSA) is 96.1 Å². The molecule has 0 aliphatic carbocycles. The van der Waals surface area contributed by atoms with Crippen LogP contribution in [0.4, 0.5) is 10.1 Å². The van der Waals surface area contributed by atoms with E-state index in [1.807, 2.05) is 6.92 Å². The molecule has 3 aromatic rings. The number of anilines is 1. The van der Waals surface area contributed by atoms with Gasteiger partial charge in [-0.3, -0.25) is 14.7 Å². The molecule has 0 unspecified atom stereocenters. The highest BCUT2D eigenvalue weighted by molar-refractivity contribution is 5.94. The van der Waals surface area contributed by atoms with Crippen LogP contribution in [0.1, 0.15) is 11.3 Å². The van der Waals surface area contributed by atoms with Crippen molar-refractivity contribution >= 4 is 17.5 Å². The first kappa shape index (κ1) is 19.1. The summed E-state index contributed by atoms with van der Waals surface area (Å²) in [6, 6.07) is 14.3. The molecule has 28 heavy (non-hydrogen) atoms. The number of carbonyl (C=O) groups excluding carboxylic acids is 2. The standard InChI is InChI=1S/C20H19FN4O3/c1-13-9-20(25-24-13)28-17-7-5-16(6-8-17)23-19(27)12-22-18(26)11-14-3-2-4-15(21)10-14/h2-10H,11-12H2,1H3,(H,22,26)(H,23,27)(H,24,25). The summed E-state index contributed by atoms with van der Waals surface area (Å²) >= 11 is 0. The molecule has 0 saturated heterocycles. The zero-order valence-corrected chi connectivity index (χ0v) is 15.2. The van der Waals surface area contributed by atoms with E-state index in [0.29, 0.717) is 22.9 Å². The van der Waals surface area contributed by atoms with Gasteiger partial charge in [0, 0.05) is 17.4 Å². The number of nitrogens with zero attached hydrogens (tertiary/aromatic N) is 1. The van der Waals surface area contributed by atoms with E-state index in [2.05, 4.69) is 20.8 Å². The third kappa shape index (κ3) is 5.66. The molecular formula is C20H19FN4O3. The first-order chi connectivity index (χ1) is 13.5. The summed E-state index contributed by atoms with van der Waals surface area (Å²) in [6.45, 7) is 1.69. The highest BCUT2D eigenvalue weighted by Gasteiger charge is 2.08. The summed E-state index contributed by atoms with van der Waals surface area (Å²) in [7, 11) is 0. The maximum absolute atomic E-state index is 13.1. The molecule has 0 aliphatic heterocycles. The molecule has 0 fully saturated rings. The summed E-state index contributed by atoms with van der Waals surface area (Å²) in [4.78, 5) is 23.8. The number of rotatable bonds is 7. The van der Waals surface area contributed by atoms with Crippen molar-refractivity contribution in [3.8, 4) is 11.6 Å². The fourth-order valence-corrected chi connectivity index (χ4v) is 2.45. The molecule has 0 aliphatic rings. The Labute approximate surface area is 160 Å². The van der Waals surface area contributed by atoms with Gasteiger partial charge in [0.1, 0.15) is 11.6 Å². The Morgan fingerprint density at radius 3 is 2.57 bits per heavy atom. The van der Waals surface area contributed by atoms with Crippen LogP contribution < -0.4 is 15.4 Å². The maximum atomic E-state index is 13.1. The summed E-state index contributed by atoms with van der Waals surface area (Å²) in [6.07, 6.45) is 0.00371. The third-order valence-corrected chi connectivity index (χ3v) is 3.74. The molecule has 3 N–H and O–H groups in total. The van der Waals surface area contributed by atoms with Gasteiger partial charge in [-0.25, -0.2) is 4.39 Å². The van der Waals surface area contributed by atoms with Crippen LogP contribution in [0.15, 0.2) is 54.6 Å². The Kier molecular flexibility index (Phi) is 6.01. The van der Waals surface area contributed by atoms with E-state index in [1.165, 1.54) is 18.2 Å². The van der Waals surface area contributed by atoms with E-state index < -0.39 is 5.82 Å². The van der Waals surface area contributed by atoms with E-state index in [9.17, 15) is 14.0 Å². The van der Waals surface area contributed by atoms with Crippen LogP contribution in [0.5, 0.6) is 11.6 Å². The van der Waals surface area contributed by atoms with Crippen LogP contribution in [0.3, 0.4) is 0 Å². The van der Waals surface area contributed by atoms with Crippen molar-refractivity contribution in [2.24, 2.45) is 0 Å². The van der Waals surface area contributed by atoms with Gasteiger partial charge in [0.15, 0.2) is 0 Å². The molecule has 1 aromatic heterocycles. The number of H-pyrrole nitrogens is 1. The van der Waals surface area contributed by atoms with E-state index in [4.69, 9.17) is 4.74 Å². The van der Waals surface area contributed by atoms with Crippen LogP contribution in [-0.4, -0.2) is 28.6 Å². The lowest BCUT2D eigenvalue weighted by Crippen LogP contribution is -2.33. The lowest BCUT2D eigenvalue weighted by atomic mass is 10.1. The Morgan fingerprint density at radius 1 is 1.11 bits per heavy atom. The lowest BCUT2D eigenvalue weighted by molar-refractivity contribution is -0.123. The van der Waals surface area contributed by atoms with Crippen LogP contribution in [0, 0.1) is 12.7 Å². The summed E-state index contributed by atoms with van der Waals surface area (Å²) in [5, 5.41) is 11.9. The van der Waals surface area contributed by atoms with Gasteiger partial charge in [0.2, 0.25) is 17.7 Å². The highest BCUT2D eigenvalue weighted by atomic mass is 19.1. The molecule has 0 bridgehead atoms. The predicted octanol–water partition coefficient (Wildman–Crippen LogP) is 2.95. The lowest BCUT2D eigenvalue weighted by Gasteiger charge is -2.08. The number of ether oxygens (including phenoxy) is 1. The minimum atomic E-state index is -0.405. The molecule has 144 valence electrons. The van der Waals surface area contributed by atoms with Crippen molar-refractivity contribution in [2.75, 3.05) is 11.9 Å². The monoisotopic (exact) mass is 382 g/mol. The molecule has 0 spiro atoms. The Balaban J connectivity index is 1.44. The van der Waals surface area contributed by atoms with Gasteiger partial charge in [-0.2, -0.15) is 0 Å². The average molecular weight is 382 g/mol. The fraction of sp³-hybridized carbons (Fsp3) is 0.150. The molecule has 2 amide bonds. The van der Waals surface area contributed by atoms with Crippen molar-refractivity contribution in [3.05, 3.63) is 71.7 Å². The largest absolute Gasteiger partial charge is 0.438 e. The van der Waals surface area contributed by atoms with Gasteiger partial charge in [0.05, 0.1) is 13.0 Å². The molecule has 2 aromatic carbocycles. The molecule has 0 radical (unpaired) electrons. The van der Waals surface area contributed by atoms with Gasteiger partial charge in [-0.1, -0.05) is 12.1 Å². The number of aromatic amines is 1. The summed E-state index contributed by atoms with van der Waals surface area (Å²) in [5.74, 6) is -0.107. The number of carbonyl (C=O) groups is 2. The zero-order valence-electron chi connectivity index (χ0n) is 15.2. The number of aryl methyl sites for hydroxylation is 1. The van der Waals surface area contributed by atoms with E-state index >= 15 is 0 Å². The molecule has 0 saturated carbocycles. The van der Waals surface area contributed by atoms with Crippen molar-refractivity contribution in [2.45, 2.75) is 13.3 Å². The summed E-state index contributed by atoms with van der Waals surface area (Å²) < 4.78 is 18.7. The molecule has 8 heteroatoms. The van der Waals surface area contributed by atoms with Gasteiger partial charge in [-0.15, -0.1) is 5.10 Å². The quantitative estimate of drug-likeness (QED) is 0.585. The number of aromatic nitrogens is 2. The van der Waals surface area contributed by atoms with Crippen molar-refractivity contribution < 1.29 is 18.7 Å². The minimum Gasteiger partial charge on any atom is -0.438 e. The minimum absolute atomic E-state index is 0.00371. The number of hydrogen-bond acceptors (Lipinski definition) is 4. The number of halogens is 1. The van der Waals surface area contributed by atoms with Crippen LogP contribution in [-0.2, 0) is 16.0 Å². The summed E-state index contributed by atoms with van der Waals surface area (Å²) in [5.41, 5.74) is 1.99. The third-order valence-electron chi connectivity index (χ3n) is 3.74. The van der Waals surface area contributed by atoms with Gasteiger partial charge >= 0.3 is 0 Å². The van der Waals surface area contributed by atoms with Crippen LogP contribution in [0.25, 0.3) is 0 Å². The number of amides is 2. The second-order valence-electron chi connectivity index (χ2n) is 6.15. The van der Waals surface area contributed by atoms with Crippen LogP contribution >= 0.6 is 0 Å². The number of benzene rings is 2. The Morgan fingerprint density at radius 2 is 1.89 bits per heavy atom. The predicted molar refractivity (Wildman–Crippen MR) is 102 cm³/mol. The van der Waals surface area contributed by atoms with E-state index in [1.54, 1.807) is 36.4 Å². The van der Waals surface area contributed by atoms with E-state index in [0.717, 1.165) is 5.69 Å². The maximum Gasteiger partial charge on any atom is 0.243 e. The van der Waals surface area contributed by atoms with E-state index in [-0.39, 0.29) is 24.8 Å².